The maximum absolute atomic E-state index is 12.8. The Kier molecular flexibility index (Phi) is 7.11. The van der Waals surface area contributed by atoms with Crippen LogP contribution in [0.1, 0.15) is 37.5 Å². The molecule has 4 rings (SSSR count). The fraction of sp³-hybridized carbons (Fsp3) is 0.185. The second-order valence-electron chi connectivity index (χ2n) is 7.69. The molecule has 34 heavy (non-hydrogen) atoms. The maximum Gasteiger partial charge on any atom is 0.338 e. The summed E-state index contributed by atoms with van der Waals surface area (Å²) >= 11 is 0. The van der Waals surface area contributed by atoms with Gasteiger partial charge >= 0.3 is 11.9 Å². The molecule has 0 aromatic heterocycles. The highest BCUT2D eigenvalue weighted by atomic mass is 16.6. The van der Waals surface area contributed by atoms with Gasteiger partial charge in [-0.2, -0.15) is 5.26 Å². The molecule has 7 heteroatoms. The molecule has 0 aliphatic carbocycles. The van der Waals surface area contributed by atoms with Gasteiger partial charge in [-0.25, -0.2) is 9.59 Å². The monoisotopic (exact) mass is 455 g/mol. The zero-order valence-corrected chi connectivity index (χ0v) is 18.1. The maximum atomic E-state index is 12.8. The van der Waals surface area contributed by atoms with Crippen molar-refractivity contribution in [3.8, 4) is 6.07 Å². The molecule has 0 bridgehead atoms. The summed E-state index contributed by atoms with van der Waals surface area (Å²) in [5.41, 5.74) is 1.01. The molecule has 170 valence electrons. The zero-order valence-electron chi connectivity index (χ0n) is 18.1. The Balaban J connectivity index is 1.60. The van der Waals surface area contributed by atoms with Crippen LogP contribution in [0.25, 0.3) is 0 Å². The number of benzene rings is 3. The molecule has 1 fully saturated rings. The molecule has 1 aliphatic heterocycles. The van der Waals surface area contributed by atoms with Gasteiger partial charge in [-0.15, -0.1) is 0 Å². The van der Waals surface area contributed by atoms with Crippen LogP contribution in [0.2, 0.25) is 0 Å². The van der Waals surface area contributed by atoms with Crippen molar-refractivity contribution in [2.45, 2.75) is 30.8 Å². The Labute approximate surface area is 196 Å². The van der Waals surface area contributed by atoms with Gasteiger partial charge < -0.3 is 14.2 Å². The van der Waals surface area contributed by atoms with E-state index in [1.54, 1.807) is 91.0 Å². The minimum atomic E-state index is -1.21. The third-order valence-electron chi connectivity index (χ3n) is 5.42. The minimum Gasteiger partial charge on any atom is -0.452 e. The van der Waals surface area contributed by atoms with Crippen LogP contribution in [-0.2, 0) is 14.2 Å². The highest BCUT2D eigenvalue weighted by molar-refractivity contribution is 5.96. The lowest BCUT2D eigenvalue weighted by atomic mass is 10.00. The molecule has 3 aromatic carbocycles. The molecule has 1 heterocycles. The summed E-state index contributed by atoms with van der Waals surface area (Å²) < 4.78 is 17.0. The predicted molar refractivity (Wildman–Crippen MR) is 121 cm³/mol. The van der Waals surface area contributed by atoms with Gasteiger partial charge in [-0.1, -0.05) is 66.7 Å². The summed E-state index contributed by atoms with van der Waals surface area (Å²) in [5.74, 6) is -1.62. The molecule has 0 amide bonds. The van der Waals surface area contributed by atoms with E-state index >= 15 is 0 Å². The van der Waals surface area contributed by atoms with Gasteiger partial charge in [0.25, 0.3) is 0 Å². The first-order valence-electron chi connectivity index (χ1n) is 10.7. The topological polar surface area (TPSA) is 103 Å². The second kappa shape index (κ2) is 10.6. The SMILES string of the molecule is N#C[C@@H]1O[C@H](CC(=O)c2ccccc2)[C@H](OC(=O)c2ccccc2)[C@H]1OC(=O)c1ccccc1. The number of carbonyl (C=O) groups excluding carboxylic acids is 3. The van der Waals surface area contributed by atoms with Gasteiger partial charge in [0.05, 0.1) is 17.2 Å². The highest BCUT2D eigenvalue weighted by Gasteiger charge is 2.50. The van der Waals surface area contributed by atoms with Crippen molar-refractivity contribution in [3.63, 3.8) is 0 Å². The molecule has 0 N–H and O–H groups in total. The quantitative estimate of drug-likeness (QED) is 0.392. The minimum absolute atomic E-state index is 0.158. The van der Waals surface area contributed by atoms with Crippen LogP contribution in [0.3, 0.4) is 0 Å². The number of hydrogen-bond donors (Lipinski definition) is 0. The molecule has 0 radical (unpaired) electrons. The van der Waals surface area contributed by atoms with E-state index in [9.17, 15) is 19.6 Å². The predicted octanol–water partition coefficient (Wildman–Crippen LogP) is 4.00. The molecule has 0 spiro atoms. The summed E-state index contributed by atoms with van der Waals surface area (Å²) in [6.07, 6.45) is -4.71. The van der Waals surface area contributed by atoms with Crippen LogP contribution < -0.4 is 0 Å². The summed E-state index contributed by atoms with van der Waals surface area (Å²) in [6, 6.07) is 27.1. The van der Waals surface area contributed by atoms with E-state index in [4.69, 9.17) is 14.2 Å². The van der Waals surface area contributed by atoms with Gasteiger partial charge in [0.2, 0.25) is 0 Å². The molecular weight excluding hydrogens is 434 g/mol. The van der Waals surface area contributed by atoms with E-state index in [2.05, 4.69) is 0 Å². The number of carbonyl (C=O) groups is 3. The molecule has 1 aliphatic rings. The average Bonchev–Trinajstić information content (AvgIpc) is 3.20. The Bertz CT molecular complexity index is 1190. The molecule has 3 aromatic rings. The van der Waals surface area contributed by atoms with Crippen LogP contribution in [-0.4, -0.2) is 42.1 Å². The zero-order chi connectivity index (χ0) is 23.9. The van der Waals surface area contributed by atoms with E-state index in [1.807, 2.05) is 6.07 Å². The molecule has 7 nitrogen and oxygen atoms in total. The van der Waals surface area contributed by atoms with Crippen molar-refractivity contribution >= 4 is 17.7 Å². The fourth-order valence-electron chi connectivity index (χ4n) is 3.72. The number of nitrogens with zero attached hydrogens (tertiary/aromatic N) is 1. The number of nitriles is 1. The lowest BCUT2D eigenvalue weighted by Crippen LogP contribution is -2.40. The van der Waals surface area contributed by atoms with Gasteiger partial charge in [-0.05, 0) is 24.3 Å². The van der Waals surface area contributed by atoms with Gasteiger partial charge in [0.15, 0.2) is 24.1 Å². The first-order chi connectivity index (χ1) is 16.6. The number of esters is 2. The Hall–Kier alpha value is -4.28. The van der Waals surface area contributed by atoms with E-state index < -0.39 is 36.4 Å². The van der Waals surface area contributed by atoms with Gasteiger partial charge in [-0.3, -0.25) is 4.79 Å². The molecule has 4 atom stereocenters. The van der Waals surface area contributed by atoms with Crippen molar-refractivity contribution < 1.29 is 28.6 Å². The highest BCUT2D eigenvalue weighted by Crippen LogP contribution is 2.31. The molecule has 0 saturated carbocycles. The number of ketones is 1. The average molecular weight is 455 g/mol. The van der Waals surface area contributed by atoms with Gasteiger partial charge in [0, 0.05) is 12.0 Å². The van der Waals surface area contributed by atoms with Crippen LogP contribution >= 0.6 is 0 Å². The summed E-state index contributed by atoms with van der Waals surface area (Å²) in [7, 11) is 0. The lowest BCUT2D eigenvalue weighted by molar-refractivity contribution is -0.0298. The first-order valence-corrected chi connectivity index (χ1v) is 10.7. The van der Waals surface area contributed by atoms with Crippen molar-refractivity contribution in [3.05, 3.63) is 108 Å². The number of hydrogen-bond acceptors (Lipinski definition) is 7. The molecule has 0 unspecified atom stereocenters. The van der Waals surface area contributed by atoms with Crippen molar-refractivity contribution in [2.24, 2.45) is 0 Å². The van der Waals surface area contributed by atoms with E-state index in [-0.39, 0.29) is 23.3 Å². The summed E-state index contributed by atoms with van der Waals surface area (Å²) in [4.78, 5) is 38.4. The normalized spacial score (nSPS) is 21.3. The van der Waals surface area contributed by atoms with Crippen LogP contribution in [0, 0.1) is 11.3 Å². The Morgan fingerprint density at radius 2 is 1.15 bits per heavy atom. The number of Topliss-reactive ketones (excluding diaryl/α,β-unsaturated/α-hetero) is 1. The van der Waals surface area contributed by atoms with Crippen molar-refractivity contribution in [1.29, 1.82) is 5.26 Å². The summed E-state index contributed by atoms with van der Waals surface area (Å²) in [5, 5.41) is 9.67. The largest absolute Gasteiger partial charge is 0.452 e. The second-order valence-corrected chi connectivity index (χ2v) is 7.69. The van der Waals surface area contributed by atoms with Crippen molar-refractivity contribution in [2.75, 3.05) is 0 Å². The molecule has 1 saturated heterocycles. The van der Waals surface area contributed by atoms with Gasteiger partial charge in [0.1, 0.15) is 6.10 Å². The first kappa shape index (κ1) is 22.9. The van der Waals surface area contributed by atoms with Crippen LogP contribution in [0.15, 0.2) is 91.0 Å². The standard InChI is InChI=1S/C27H21NO6/c28-17-23-25(34-27(31)20-14-8-3-9-15-20)24(33-26(30)19-12-6-2-7-13-19)22(32-23)16-21(29)18-10-4-1-5-11-18/h1-15,22-25H,16H2/t22-,23+,24+,25+/m1/s1. The fourth-order valence-corrected chi connectivity index (χ4v) is 3.72. The smallest absolute Gasteiger partial charge is 0.338 e. The Morgan fingerprint density at radius 1 is 0.706 bits per heavy atom. The van der Waals surface area contributed by atoms with Crippen LogP contribution in [0.4, 0.5) is 0 Å². The van der Waals surface area contributed by atoms with E-state index in [0.29, 0.717) is 5.56 Å². The van der Waals surface area contributed by atoms with E-state index in [1.165, 1.54) is 0 Å². The van der Waals surface area contributed by atoms with Crippen molar-refractivity contribution in [1.82, 2.24) is 0 Å². The Morgan fingerprint density at radius 3 is 1.62 bits per heavy atom. The third-order valence-corrected chi connectivity index (χ3v) is 5.42. The van der Waals surface area contributed by atoms with Crippen LogP contribution in [0.5, 0.6) is 0 Å². The molecular formula is C27H21NO6. The lowest BCUT2D eigenvalue weighted by Gasteiger charge is -2.23. The number of rotatable bonds is 7. The third kappa shape index (κ3) is 5.20. The van der Waals surface area contributed by atoms with E-state index in [0.717, 1.165) is 0 Å². The summed E-state index contributed by atoms with van der Waals surface area (Å²) in [6.45, 7) is 0. The number of ether oxygens (including phenoxy) is 3.